The maximum Gasteiger partial charge on any atom is 0.109 e. The van der Waals surface area contributed by atoms with Gasteiger partial charge in [0.1, 0.15) is 18.3 Å². The average molecular weight is 521 g/mol. The molecule has 0 fully saturated rings. The van der Waals surface area contributed by atoms with E-state index in [-0.39, 0.29) is 17.8 Å². The molecule has 2 unspecified atom stereocenters. The molecule has 6 N–H and O–H groups in total. The highest BCUT2D eigenvalue weighted by Crippen LogP contribution is 2.22. The van der Waals surface area contributed by atoms with Gasteiger partial charge in [0.15, 0.2) is 0 Å². The van der Waals surface area contributed by atoms with Gasteiger partial charge in [0.2, 0.25) is 0 Å². The van der Waals surface area contributed by atoms with Crippen molar-refractivity contribution < 1.29 is 5.11 Å². The van der Waals surface area contributed by atoms with Crippen molar-refractivity contribution in [3.63, 3.8) is 0 Å². The number of aliphatic imine (C=N–C) groups is 1. The largest absolute Gasteiger partial charge is 0.390 e. The van der Waals surface area contributed by atoms with Crippen LogP contribution in [-0.4, -0.2) is 52.6 Å². The first-order valence-corrected chi connectivity index (χ1v) is 12.6. The number of aromatic amines is 1. The van der Waals surface area contributed by atoms with Crippen LogP contribution in [0.5, 0.6) is 0 Å². The molecule has 1 aromatic rings. The van der Waals surface area contributed by atoms with Crippen molar-refractivity contribution >= 4 is 39.0 Å². The van der Waals surface area contributed by atoms with Crippen molar-refractivity contribution in [1.29, 1.82) is 15.9 Å². The van der Waals surface area contributed by atoms with E-state index in [0.29, 0.717) is 29.2 Å². The molecule has 0 bridgehead atoms. The summed E-state index contributed by atoms with van der Waals surface area (Å²) in [5.74, 6) is 5.73. The summed E-state index contributed by atoms with van der Waals surface area (Å²) < 4.78 is 0. The minimum Gasteiger partial charge on any atom is -0.390 e. The minimum atomic E-state index is -0.902. The zero-order chi connectivity index (χ0) is 27.8. The lowest BCUT2D eigenvalue weighted by atomic mass is 10.0. The van der Waals surface area contributed by atoms with Gasteiger partial charge >= 0.3 is 0 Å². The molecule has 0 saturated carbocycles. The predicted molar refractivity (Wildman–Crippen MR) is 156 cm³/mol. The van der Waals surface area contributed by atoms with Gasteiger partial charge in [0.25, 0.3) is 0 Å². The maximum absolute atomic E-state index is 10.2. The fourth-order valence-corrected chi connectivity index (χ4v) is 3.21. The third kappa shape index (κ3) is 10.4. The third-order valence-electron chi connectivity index (χ3n) is 5.34. The Hall–Kier alpha value is -3.78. The Morgan fingerprint density at radius 3 is 2.65 bits per heavy atom. The van der Waals surface area contributed by atoms with Gasteiger partial charge < -0.3 is 26.7 Å². The summed E-state index contributed by atoms with van der Waals surface area (Å²) in [6.07, 6.45) is 11.8. The van der Waals surface area contributed by atoms with Crippen LogP contribution in [0.4, 0.5) is 0 Å². The Kier molecular flexibility index (Phi) is 13.6. The van der Waals surface area contributed by atoms with Gasteiger partial charge in [0.05, 0.1) is 17.2 Å². The van der Waals surface area contributed by atoms with Gasteiger partial charge in [-0.25, -0.2) is 0 Å². The second-order valence-electron chi connectivity index (χ2n) is 8.67. The number of unbranched alkanes of at least 4 members (excludes halogenated alkanes) is 1. The van der Waals surface area contributed by atoms with Crippen molar-refractivity contribution in [3.8, 4) is 12.1 Å². The lowest BCUT2D eigenvalue weighted by Gasteiger charge is -2.23. The molecule has 0 aromatic carbocycles. The standard InChI is InChI=1S/C27H37N8OP/c1-5-7-8-20(23-10-9-21(34-23)13-19(15-29)16-30)14-24(33-12-11-28)22(6-2)25(35-31)17-32-18-26(37)27(3,4)36/h6,8-10,13-15,17,26,29,33-34,36H,5,7,12,18,31,37H2,1-4H3/b19-13+,20-8-,22-6+,24-14+,29-15?,32-17?,35-25+. The molecular weight excluding hydrogens is 483 g/mol. The van der Waals surface area contributed by atoms with Crippen LogP contribution in [0.25, 0.3) is 11.6 Å². The summed E-state index contributed by atoms with van der Waals surface area (Å²) in [4.78, 5) is 7.71. The summed E-state index contributed by atoms with van der Waals surface area (Å²) in [5.41, 5.74) is 3.26. The number of hydrazone groups is 1. The molecular formula is C27H37N8OP. The summed E-state index contributed by atoms with van der Waals surface area (Å²) in [6, 6.07) is 7.81. The number of rotatable bonds is 14. The van der Waals surface area contributed by atoms with Crippen molar-refractivity contribution in [2.24, 2.45) is 15.9 Å². The third-order valence-corrected chi connectivity index (χ3v) is 6.37. The molecule has 196 valence electrons. The lowest BCUT2D eigenvalue weighted by molar-refractivity contribution is 0.0797. The van der Waals surface area contributed by atoms with Crippen LogP contribution in [0.1, 0.15) is 51.9 Å². The molecule has 37 heavy (non-hydrogen) atoms. The van der Waals surface area contributed by atoms with Crippen LogP contribution in [0.2, 0.25) is 0 Å². The normalized spacial score (nSPS) is 14.9. The maximum atomic E-state index is 10.2. The van der Waals surface area contributed by atoms with E-state index in [1.807, 2.05) is 37.3 Å². The van der Waals surface area contributed by atoms with Crippen LogP contribution in [0.3, 0.4) is 0 Å². The number of hydrogen-bond donors (Lipinski definition) is 5. The van der Waals surface area contributed by atoms with Crippen LogP contribution in [0.15, 0.2) is 57.3 Å². The quantitative estimate of drug-likeness (QED) is 0.0472. The average Bonchev–Trinajstić information content (AvgIpc) is 3.34. The number of H-pyrrole nitrogens is 1. The SMILES string of the molecule is C/C=C(C(/C=NCC(P)C(C)(C)O)=N/N)\C(=C/C(=C/CCC)c1ccc(/C=C(/C#N)C=N)[nH]1)NCC#N. The monoisotopic (exact) mass is 520 g/mol. The molecule has 1 aromatic heterocycles. The van der Waals surface area contributed by atoms with Crippen molar-refractivity contribution in [1.82, 2.24) is 10.3 Å². The molecule has 0 spiro atoms. The first kappa shape index (κ1) is 31.3. The highest BCUT2D eigenvalue weighted by atomic mass is 31.0. The molecule has 9 nitrogen and oxygen atoms in total. The molecule has 0 amide bonds. The zero-order valence-electron chi connectivity index (χ0n) is 21.9. The molecule has 0 aliphatic carbocycles. The number of aliphatic hydroxyl groups is 1. The van der Waals surface area contributed by atoms with E-state index in [9.17, 15) is 10.4 Å². The number of nitrogens with zero attached hydrogens (tertiary/aromatic N) is 4. The first-order valence-electron chi connectivity index (χ1n) is 11.9. The van der Waals surface area contributed by atoms with E-state index in [4.69, 9.17) is 16.5 Å². The van der Waals surface area contributed by atoms with Crippen molar-refractivity contribution in [2.75, 3.05) is 13.1 Å². The number of nitrogens with one attached hydrogen (secondary N) is 3. The minimum absolute atomic E-state index is 0.0647. The van der Waals surface area contributed by atoms with Gasteiger partial charge in [-0.15, -0.1) is 9.24 Å². The van der Waals surface area contributed by atoms with E-state index < -0.39 is 5.60 Å². The number of aromatic nitrogens is 1. The van der Waals surface area contributed by atoms with Crippen LogP contribution >= 0.6 is 9.24 Å². The Labute approximate surface area is 222 Å². The zero-order valence-corrected chi connectivity index (χ0v) is 23.1. The highest BCUT2D eigenvalue weighted by molar-refractivity contribution is 7.17. The highest BCUT2D eigenvalue weighted by Gasteiger charge is 2.22. The Bertz CT molecular complexity index is 1180. The Balaban J connectivity index is 3.49. The fraction of sp³-hybridized carbons (Fsp3) is 0.370. The van der Waals surface area contributed by atoms with Crippen molar-refractivity contribution in [2.45, 2.75) is 51.8 Å². The van der Waals surface area contributed by atoms with E-state index in [2.05, 4.69) is 48.7 Å². The Morgan fingerprint density at radius 2 is 2.11 bits per heavy atom. The number of hydrogen-bond acceptors (Lipinski definition) is 8. The molecule has 10 heteroatoms. The van der Waals surface area contributed by atoms with Crippen LogP contribution in [-0.2, 0) is 0 Å². The Morgan fingerprint density at radius 1 is 1.38 bits per heavy atom. The van der Waals surface area contributed by atoms with Gasteiger partial charge in [-0.05, 0) is 57.0 Å². The molecule has 0 aliphatic heterocycles. The van der Waals surface area contributed by atoms with Crippen LogP contribution < -0.4 is 11.2 Å². The van der Waals surface area contributed by atoms with Crippen molar-refractivity contribution in [3.05, 3.63) is 58.6 Å². The number of nitrogens with two attached hydrogens (primary N) is 1. The molecule has 0 radical (unpaired) electrons. The number of allylic oxidation sites excluding steroid dienone is 6. The fourth-order valence-electron chi connectivity index (χ4n) is 3.09. The smallest absolute Gasteiger partial charge is 0.109 e. The van der Waals surface area contributed by atoms with E-state index in [1.54, 1.807) is 26.1 Å². The van der Waals surface area contributed by atoms with E-state index >= 15 is 0 Å². The summed E-state index contributed by atoms with van der Waals surface area (Å²) in [7, 11) is 2.59. The molecule has 1 heterocycles. The van der Waals surface area contributed by atoms with Gasteiger partial charge in [-0.3, -0.25) is 4.99 Å². The van der Waals surface area contributed by atoms with Gasteiger partial charge in [-0.1, -0.05) is 25.5 Å². The summed E-state index contributed by atoms with van der Waals surface area (Å²) >= 11 is 0. The second-order valence-corrected chi connectivity index (χ2v) is 9.48. The van der Waals surface area contributed by atoms with E-state index in [0.717, 1.165) is 30.3 Å². The summed E-state index contributed by atoms with van der Waals surface area (Å²) in [5, 5.41) is 42.9. The lowest BCUT2D eigenvalue weighted by Crippen LogP contribution is -2.33. The number of nitriles is 2. The van der Waals surface area contributed by atoms with Gasteiger partial charge in [-0.2, -0.15) is 15.6 Å². The topological polar surface area (TPSA) is 170 Å². The van der Waals surface area contributed by atoms with E-state index in [1.165, 1.54) is 0 Å². The second kappa shape index (κ2) is 16.1. The first-order chi connectivity index (χ1) is 17.6. The summed E-state index contributed by atoms with van der Waals surface area (Å²) in [6.45, 7) is 7.80. The van der Waals surface area contributed by atoms with Crippen LogP contribution in [0, 0.1) is 28.1 Å². The molecule has 0 saturated heterocycles. The molecule has 0 aliphatic rings. The van der Waals surface area contributed by atoms with Gasteiger partial charge in [0, 0.05) is 47.3 Å². The predicted octanol–water partition coefficient (Wildman–Crippen LogP) is 4.10. The molecule has 1 rings (SSSR count). The molecule has 2 atom stereocenters.